The van der Waals surface area contributed by atoms with E-state index in [4.69, 9.17) is 0 Å². The van der Waals surface area contributed by atoms with Crippen molar-refractivity contribution in [3.8, 4) is 0 Å². The monoisotopic (exact) mass is 230 g/mol. The molecule has 0 aliphatic heterocycles. The zero-order chi connectivity index (χ0) is 11.9. The molecule has 0 aromatic heterocycles. The van der Waals surface area contributed by atoms with Gasteiger partial charge in [-0.25, -0.2) is 0 Å². The van der Waals surface area contributed by atoms with Crippen molar-refractivity contribution in [3.05, 3.63) is 71.1 Å². The van der Waals surface area contributed by atoms with Crippen molar-refractivity contribution in [2.24, 2.45) is 5.92 Å². The van der Waals surface area contributed by atoms with E-state index in [1.165, 1.54) is 26.8 Å². The standard InChI is InChI=1S/C18H14/c1-2-7-15-12-18-16(11-14(15)6-1)10-9-13-5-3-4-8-17(13)18/h1-8,10-13H,9H2. The lowest BCUT2D eigenvalue weighted by Crippen LogP contribution is -2.32. The van der Waals surface area contributed by atoms with Crippen LogP contribution in [-0.4, -0.2) is 0 Å². The molecule has 86 valence electrons. The van der Waals surface area contributed by atoms with Crippen LogP contribution in [0.25, 0.3) is 22.4 Å². The molecule has 0 fully saturated rings. The minimum atomic E-state index is 0.573. The predicted molar refractivity (Wildman–Crippen MR) is 77.5 cm³/mol. The fourth-order valence-electron chi connectivity index (χ4n) is 3.01. The largest absolute Gasteiger partial charge is 0.0767 e. The fourth-order valence-corrected chi connectivity index (χ4v) is 3.01. The maximum Gasteiger partial charge on any atom is 0.00620 e. The highest BCUT2D eigenvalue weighted by atomic mass is 14.2. The topological polar surface area (TPSA) is 0 Å². The van der Waals surface area contributed by atoms with Gasteiger partial charge >= 0.3 is 0 Å². The second-order valence-electron chi connectivity index (χ2n) is 5.03. The molecule has 0 radical (unpaired) electrons. The molecule has 0 N–H and O–H groups in total. The van der Waals surface area contributed by atoms with Crippen LogP contribution in [0.15, 0.2) is 60.7 Å². The van der Waals surface area contributed by atoms with Gasteiger partial charge in [0.05, 0.1) is 0 Å². The molecule has 2 aliphatic rings. The van der Waals surface area contributed by atoms with Crippen LogP contribution in [0.4, 0.5) is 0 Å². The summed E-state index contributed by atoms with van der Waals surface area (Å²) in [5.41, 5.74) is 1.47. The Hall–Kier alpha value is -2.08. The molecule has 2 aromatic rings. The van der Waals surface area contributed by atoms with E-state index in [0.717, 1.165) is 6.42 Å². The molecular formula is C18H14. The van der Waals surface area contributed by atoms with Crippen molar-refractivity contribution in [2.45, 2.75) is 6.42 Å². The van der Waals surface area contributed by atoms with E-state index in [-0.39, 0.29) is 0 Å². The number of benzene rings is 2. The smallest absolute Gasteiger partial charge is 0.00620 e. The first kappa shape index (κ1) is 9.90. The van der Waals surface area contributed by atoms with Crippen LogP contribution in [-0.2, 0) is 0 Å². The molecule has 0 heteroatoms. The van der Waals surface area contributed by atoms with Crippen molar-refractivity contribution in [1.29, 1.82) is 0 Å². The lowest BCUT2D eigenvalue weighted by molar-refractivity contribution is 0.864. The molecule has 0 heterocycles. The molecule has 1 unspecified atom stereocenters. The van der Waals surface area contributed by atoms with E-state index >= 15 is 0 Å². The fraction of sp³-hybridized carbons (Fsp3) is 0.111. The van der Waals surface area contributed by atoms with Crippen LogP contribution >= 0.6 is 0 Å². The molecule has 0 nitrogen and oxygen atoms in total. The molecule has 4 rings (SSSR count). The predicted octanol–water partition coefficient (Wildman–Crippen LogP) is 2.92. The van der Waals surface area contributed by atoms with Crippen molar-refractivity contribution in [3.63, 3.8) is 0 Å². The Morgan fingerprint density at radius 3 is 2.67 bits per heavy atom. The van der Waals surface area contributed by atoms with Crippen LogP contribution in [0.5, 0.6) is 0 Å². The Kier molecular flexibility index (Phi) is 2.04. The van der Waals surface area contributed by atoms with Gasteiger partial charge in [0.1, 0.15) is 0 Å². The molecule has 18 heavy (non-hydrogen) atoms. The minimum absolute atomic E-state index is 0.573. The lowest BCUT2D eigenvalue weighted by Gasteiger charge is -2.19. The zero-order valence-corrected chi connectivity index (χ0v) is 10.1. The van der Waals surface area contributed by atoms with Crippen LogP contribution in [0.3, 0.4) is 0 Å². The molecular weight excluding hydrogens is 216 g/mol. The average Bonchev–Trinajstić information content (AvgIpc) is 2.45. The number of rotatable bonds is 0. The lowest BCUT2D eigenvalue weighted by atomic mass is 9.85. The number of allylic oxidation sites excluding steroid dienone is 4. The summed E-state index contributed by atoms with van der Waals surface area (Å²) in [6, 6.07) is 13.3. The van der Waals surface area contributed by atoms with Crippen LogP contribution in [0.1, 0.15) is 6.42 Å². The van der Waals surface area contributed by atoms with Gasteiger partial charge in [0.15, 0.2) is 0 Å². The normalized spacial score (nSPS) is 20.4. The van der Waals surface area contributed by atoms with Crippen molar-refractivity contribution >= 4 is 22.4 Å². The molecule has 0 amide bonds. The summed E-state index contributed by atoms with van der Waals surface area (Å²) in [4.78, 5) is 0. The van der Waals surface area contributed by atoms with E-state index in [0.29, 0.717) is 5.92 Å². The Morgan fingerprint density at radius 1 is 0.944 bits per heavy atom. The highest BCUT2D eigenvalue weighted by Crippen LogP contribution is 2.24. The number of hydrogen-bond donors (Lipinski definition) is 0. The third kappa shape index (κ3) is 1.39. The van der Waals surface area contributed by atoms with Crippen molar-refractivity contribution < 1.29 is 0 Å². The van der Waals surface area contributed by atoms with Gasteiger partial charge < -0.3 is 0 Å². The highest BCUT2D eigenvalue weighted by molar-refractivity contribution is 5.84. The van der Waals surface area contributed by atoms with E-state index in [9.17, 15) is 0 Å². The van der Waals surface area contributed by atoms with Gasteiger partial charge in [-0.1, -0.05) is 54.6 Å². The first-order chi connectivity index (χ1) is 8.92. The molecule has 1 atom stereocenters. The summed E-state index contributed by atoms with van der Waals surface area (Å²) in [6.07, 6.45) is 12.4. The quantitative estimate of drug-likeness (QED) is 0.653. The summed E-state index contributed by atoms with van der Waals surface area (Å²) in [5.74, 6) is 0.573. The first-order valence-electron chi connectivity index (χ1n) is 6.50. The maximum absolute atomic E-state index is 2.37. The van der Waals surface area contributed by atoms with E-state index in [2.05, 4.69) is 66.8 Å². The minimum Gasteiger partial charge on any atom is -0.0767 e. The van der Waals surface area contributed by atoms with Gasteiger partial charge in [0.2, 0.25) is 0 Å². The first-order valence-corrected chi connectivity index (χ1v) is 6.50. The number of fused-ring (bicyclic) bond motifs is 3. The number of hydrogen-bond acceptors (Lipinski definition) is 0. The van der Waals surface area contributed by atoms with Crippen LogP contribution in [0, 0.1) is 5.92 Å². The van der Waals surface area contributed by atoms with Gasteiger partial charge in [0.25, 0.3) is 0 Å². The molecule has 0 saturated heterocycles. The summed E-state index contributed by atoms with van der Waals surface area (Å²) >= 11 is 0. The average molecular weight is 230 g/mol. The third-order valence-electron chi connectivity index (χ3n) is 3.95. The zero-order valence-electron chi connectivity index (χ0n) is 10.1. The van der Waals surface area contributed by atoms with E-state index < -0.39 is 0 Å². The highest BCUT2D eigenvalue weighted by Gasteiger charge is 2.14. The second-order valence-corrected chi connectivity index (χ2v) is 5.03. The van der Waals surface area contributed by atoms with Gasteiger partial charge in [0, 0.05) is 5.92 Å². The van der Waals surface area contributed by atoms with Gasteiger partial charge in [-0.15, -0.1) is 0 Å². The summed E-state index contributed by atoms with van der Waals surface area (Å²) in [6.45, 7) is 0. The molecule has 0 spiro atoms. The van der Waals surface area contributed by atoms with E-state index in [1.54, 1.807) is 0 Å². The summed E-state index contributed by atoms with van der Waals surface area (Å²) in [7, 11) is 0. The van der Waals surface area contributed by atoms with Crippen LogP contribution in [0.2, 0.25) is 0 Å². The van der Waals surface area contributed by atoms with Crippen LogP contribution < -0.4 is 10.4 Å². The van der Waals surface area contributed by atoms with Gasteiger partial charge in [-0.2, -0.15) is 0 Å². The van der Waals surface area contributed by atoms with Gasteiger partial charge in [-0.3, -0.25) is 0 Å². The third-order valence-corrected chi connectivity index (χ3v) is 3.95. The maximum atomic E-state index is 2.37. The Labute approximate surface area is 106 Å². The Morgan fingerprint density at radius 2 is 1.78 bits per heavy atom. The van der Waals surface area contributed by atoms with Gasteiger partial charge in [-0.05, 0) is 45.3 Å². The van der Waals surface area contributed by atoms with Crippen molar-refractivity contribution in [1.82, 2.24) is 0 Å². The van der Waals surface area contributed by atoms with Crippen molar-refractivity contribution in [2.75, 3.05) is 0 Å². The molecule has 2 aromatic carbocycles. The van der Waals surface area contributed by atoms with E-state index in [1.807, 2.05) is 0 Å². The molecule has 2 aliphatic carbocycles. The molecule has 0 bridgehead atoms. The summed E-state index contributed by atoms with van der Waals surface area (Å²) < 4.78 is 0. The SMILES string of the molecule is C1=CC2=c3cc4ccccc4cc3=CCC2C=C1. The summed E-state index contributed by atoms with van der Waals surface area (Å²) in [5, 5.41) is 5.47. The second kappa shape index (κ2) is 3.71. The Bertz CT molecular complexity index is 804. The molecule has 0 saturated carbocycles. The Balaban J connectivity index is 2.16.